The number of unbranched alkanes of at least 4 members (excludes halogenated alkanes) is 51. The number of aliphatic hydroxyl groups excluding tert-OH is 2. The van der Waals surface area contributed by atoms with Crippen molar-refractivity contribution >= 4 is 11.9 Å². The maximum atomic E-state index is 12.5. The van der Waals surface area contributed by atoms with E-state index in [1.54, 1.807) is 6.08 Å². The molecular formula is C66H129NO5. The largest absolute Gasteiger partial charge is 0.466 e. The first-order valence-corrected chi connectivity index (χ1v) is 33.0. The minimum atomic E-state index is -0.844. The van der Waals surface area contributed by atoms with E-state index in [1.165, 1.54) is 308 Å². The zero-order valence-electron chi connectivity index (χ0n) is 48.9. The number of nitrogens with one attached hydrogen (secondary N) is 1. The van der Waals surface area contributed by atoms with Gasteiger partial charge in [0.25, 0.3) is 0 Å². The maximum Gasteiger partial charge on any atom is 0.305 e. The van der Waals surface area contributed by atoms with Crippen LogP contribution in [0.5, 0.6) is 0 Å². The van der Waals surface area contributed by atoms with Crippen molar-refractivity contribution in [2.45, 2.75) is 386 Å². The summed E-state index contributed by atoms with van der Waals surface area (Å²) in [5.74, 6) is -0.0493. The molecule has 72 heavy (non-hydrogen) atoms. The van der Waals surface area contributed by atoms with Gasteiger partial charge in [-0.25, -0.2) is 0 Å². The molecule has 0 spiro atoms. The molecule has 0 aliphatic carbocycles. The highest BCUT2D eigenvalue weighted by molar-refractivity contribution is 5.76. The normalized spacial score (nSPS) is 12.6. The minimum absolute atomic E-state index is 0.0170. The minimum Gasteiger partial charge on any atom is -0.466 e. The Bertz CT molecular complexity index is 1080. The summed E-state index contributed by atoms with van der Waals surface area (Å²) in [6, 6.07) is -0.628. The predicted octanol–water partition coefficient (Wildman–Crippen LogP) is 20.8. The third kappa shape index (κ3) is 57.9. The molecule has 0 aliphatic heterocycles. The first-order valence-electron chi connectivity index (χ1n) is 33.0. The van der Waals surface area contributed by atoms with Gasteiger partial charge in [0.1, 0.15) is 0 Å². The van der Waals surface area contributed by atoms with Crippen LogP contribution in [0.25, 0.3) is 0 Å². The van der Waals surface area contributed by atoms with Crippen molar-refractivity contribution in [2.24, 2.45) is 0 Å². The van der Waals surface area contributed by atoms with Gasteiger partial charge in [0.05, 0.1) is 25.4 Å². The van der Waals surface area contributed by atoms with Crippen molar-refractivity contribution in [3.63, 3.8) is 0 Å². The Morgan fingerprint density at radius 3 is 0.944 bits per heavy atom. The lowest BCUT2D eigenvalue weighted by atomic mass is 10.0. The molecule has 0 saturated heterocycles. The summed E-state index contributed by atoms with van der Waals surface area (Å²) in [7, 11) is 0. The number of carbonyl (C=O) groups excluding carboxylic acids is 2. The second-order valence-corrected chi connectivity index (χ2v) is 22.8. The van der Waals surface area contributed by atoms with Gasteiger partial charge in [0.2, 0.25) is 5.91 Å². The Morgan fingerprint density at radius 2 is 0.639 bits per heavy atom. The third-order valence-electron chi connectivity index (χ3n) is 15.6. The van der Waals surface area contributed by atoms with Gasteiger partial charge in [-0.2, -0.15) is 0 Å². The number of allylic oxidation sites excluding steroid dienone is 1. The summed E-state index contributed by atoms with van der Waals surface area (Å²) in [5.41, 5.74) is 0. The number of esters is 1. The number of aliphatic hydroxyl groups is 2. The van der Waals surface area contributed by atoms with Crippen molar-refractivity contribution in [3.05, 3.63) is 12.2 Å². The van der Waals surface area contributed by atoms with Gasteiger partial charge in [0.15, 0.2) is 0 Å². The molecule has 3 N–H and O–H groups in total. The van der Waals surface area contributed by atoms with Gasteiger partial charge in [-0.05, 0) is 32.1 Å². The first kappa shape index (κ1) is 70.6. The molecule has 2 unspecified atom stereocenters. The maximum absolute atomic E-state index is 12.5. The first-order chi connectivity index (χ1) is 35.5. The number of hydrogen-bond donors (Lipinski definition) is 3. The molecule has 0 fully saturated rings. The van der Waals surface area contributed by atoms with Crippen molar-refractivity contribution < 1.29 is 24.5 Å². The lowest BCUT2D eigenvalue weighted by molar-refractivity contribution is -0.143. The van der Waals surface area contributed by atoms with Gasteiger partial charge < -0.3 is 20.3 Å². The Kier molecular flexibility index (Phi) is 60.9. The van der Waals surface area contributed by atoms with Crippen molar-refractivity contribution in [1.82, 2.24) is 5.32 Å². The standard InChI is InChI=1S/C66H129NO5/c1-3-5-7-9-11-13-15-17-19-20-24-28-32-36-40-44-48-52-56-60-66(71)72-61-57-53-49-45-41-37-33-29-26-23-21-22-25-27-31-35-39-43-47-51-55-59-65(70)67-63(62-68)64(69)58-54-50-46-42-38-34-30-18-16-14-12-10-8-6-4-2/h54,58,63-64,68-69H,3-53,55-57,59-62H2,1-2H3,(H,67,70)/b58-54+. The smallest absolute Gasteiger partial charge is 0.305 e. The van der Waals surface area contributed by atoms with Gasteiger partial charge in [0, 0.05) is 12.8 Å². The molecule has 0 radical (unpaired) electrons. The number of rotatable bonds is 62. The molecular weight excluding hydrogens is 887 g/mol. The van der Waals surface area contributed by atoms with Crippen LogP contribution in [-0.4, -0.2) is 47.4 Å². The average molecular weight is 1020 g/mol. The fraction of sp³-hybridized carbons (Fsp3) is 0.939. The van der Waals surface area contributed by atoms with Crippen molar-refractivity contribution in [2.75, 3.05) is 13.2 Å². The molecule has 1 amide bonds. The summed E-state index contributed by atoms with van der Waals surface area (Å²) >= 11 is 0. The molecule has 0 aromatic heterocycles. The summed E-state index contributed by atoms with van der Waals surface area (Å²) in [4.78, 5) is 24.6. The van der Waals surface area contributed by atoms with E-state index in [9.17, 15) is 19.8 Å². The molecule has 6 nitrogen and oxygen atoms in total. The average Bonchev–Trinajstić information content (AvgIpc) is 3.38. The third-order valence-corrected chi connectivity index (χ3v) is 15.6. The predicted molar refractivity (Wildman–Crippen MR) is 315 cm³/mol. The molecule has 0 aromatic rings. The number of amides is 1. The van der Waals surface area contributed by atoms with Gasteiger partial charge in [-0.15, -0.1) is 0 Å². The van der Waals surface area contributed by atoms with Crippen molar-refractivity contribution in [3.8, 4) is 0 Å². The summed E-state index contributed by atoms with van der Waals surface area (Å²) in [6.07, 6.45) is 75.5. The lowest BCUT2D eigenvalue weighted by Gasteiger charge is -2.20. The van der Waals surface area contributed by atoms with Crippen LogP contribution >= 0.6 is 0 Å². The Balaban J connectivity index is 3.37. The van der Waals surface area contributed by atoms with Gasteiger partial charge in [-0.3, -0.25) is 9.59 Å². The number of hydrogen-bond acceptors (Lipinski definition) is 5. The molecule has 0 aliphatic rings. The molecule has 2 atom stereocenters. The van der Waals surface area contributed by atoms with E-state index in [1.807, 2.05) is 6.08 Å². The van der Waals surface area contributed by atoms with E-state index in [4.69, 9.17) is 4.74 Å². The van der Waals surface area contributed by atoms with Gasteiger partial charge in [-0.1, -0.05) is 341 Å². The highest BCUT2D eigenvalue weighted by atomic mass is 16.5. The molecule has 428 valence electrons. The van der Waals surface area contributed by atoms with Crippen LogP contribution in [0.2, 0.25) is 0 Å². The van der Waals surface area contributed by atoms with Crippen LogP contribution in [0.1, 0.15) is 373 Å². The molecule has 0 bridgehead atoms. The van der Waals surface area contributed by atoms with Crippen LogP contribution < -0.4 is 5.32 Å². The lowest BCUT2D eigenvalue weighted by Crippen LogP contribution is -2.45. The van der Waals surface area contributed by atoms with Crippen LogP contribution in [0.3, 0.4) is 0 Å². The highest BCUT2D eigenvalue weighted by Crippen LogP contribution is 2.19. The summed E-state index contributed by atoms with van der Waals surface area (Å²) < 4.78 is 5.51. The highest BCUT2D eigenvalue weighted by Gasteiger charge is 2.18. The number of carbonyl (C=O) groups is 2. The molecule has 0 saturated carbocycles. The molecule has 0 aromatic carbocycles. The van der Waals surface area contributed by atoms with Crippen LogP contribution in [-0.2, 0) is 14.3 Å². The van der Waals surface area contributed by atoms with E-state index in [0.717, 1.165) is 38.5 Å². The Hall–Kier alpha value is -1.40. The topological polar surface area (TPSA) is 95.9 Å². The van der Waals surface area contributed by atoms with E-state index in [0.29, 0.717) is 19.4 Å². The SMILES string of the molecule is CCCCCCCCCCCCCCC/C=C/C(O)C(CO)NC(=O)CCCCCCCCCCCCCCCCCCCCCCCOC(=O)CCCCCCCCCCCCCCCCCCCCC. The monoisotopic (exact) mass is 1020 g/mol. The van der Waals surface area contributed by atoms with Crippen LogP contribution in [0.4, 0.5) is 0 Å². The zero-order valence-corrected chi connectivity index (χ0v) is 48.9. The number of ether oxygens (including phenoxy) is 1. The van der Waals surface area contributed by atoms with Gasteiger partial charge >= 0.3 is 5.97 Å². The fourth-order valence-electron chi connectivity index (χ4n) is 10.5. The Labute approximate surface area is 450 Å². The van der Waals surface area contributed by atoms with E-state index >= 15 is 0 Å². The van der Waals surface area contributed by atoms with Crippen molar-refractivity contribution in [1.29, 1.82) is 0 Å². The quantitative estimate of drug-likeness (QED) is 0.0320. The Morgan fingerprint density at radius 1 is 0.375 bits per heavy atom. The molecule has 6 heteroatoms. The fourth-order valence-corrected chi connectivity index (χ4v) is 10.5. The van der Waals surface area contributed by atoms with E-state index in [2.05, 4.69) is 19.2 Å². The molecule has 0 heterocycles. The van der Waals surface area contributed by atoms with E-state index < -0.39 is 12.1 Å². The second-order valence-electron chi connectivity index (χ2n) is 22.8. The molecule has 0 rings (SSSR count). The summed E-state index contributed by atoms with van der Waals surface area (Å²) in [5, 5.41) is 23.1. The second kappa shape index (κ2) is 62.1. The zero-order chi connectivity index (χ0) is 52.2. The summed E-state index contributed by atoms with van der Waals surface area (Å²) in [6.45, 7) is 4.94. The van der Waals surface area contributed by atoms with E-state index in [-0.39, 0.29) is 18.5 Å². The van der Waals surface area contributed by atoms with Crippen LogP contribution in [0.15, 0.2) is 12.2 Å². The van der Waals surface area contributed by atoms with Crippen LogP contribution in [0, 0.1) is 0 Å².